The summed E-state index contributed by atoms with van der Waals surface area (Å²) in [6.07, 6.45) is 0.591. The maximum atomic E-state index is 12.8. The Morgan fingerprint density at radius 3 is 2.50 bits per heavy atom. The lowest BCUT2D eigenvalue weighted by Crippen LogP contribution is -2.55. The number of methoxy groups -OCH3 is 1. The molecule has 0 unspecified atom stereocenters. The molecule has 164 valence electrons. The zero-order valence-corrected chi connectivity index (χ0v) is 17.6. The molecule has 1 fully saturated rings. The summed E-state index contributed by atoms with van der Waals surface area (Å²) in [5, 5.41) is 5.16. The van der Waals surface area contributed by atoms with Gasteiger partial charge in [-0.2, -0.15) is 0 Å². The molecule has 1 aliphatic heterocycles. The zero-order chi connectivity index (χ0) is 22.1. The summed E-state index contributed by atoms with van der Waals surface area (Å²) in [6, 6.07) is 7.73. The van der Waals surface area contributed by atoms with E-state index in [0.717, 1.165) is 5.56 Å². The van der Waals surface area contributed by atoms with Gasteiger partial charge in [0.1, 0.15) is 25.2 Å². The van der Waals surface area contributed by atoms with Gasteiger partial charge < -0.3 is 20.1 Å². The van der Waals surface area contributed by atoms with Crippen molar-refractivity contribution in [1.82, 2.24) is 15.5 Å². The van der Waals surface area contributed by atoms with Gasteiger partial charge in [0.05, 0.1) is 7.11 Å². The normalized spacial score (nSPS) is 16.7. The van der Waals surface area contributed by atoms with Crippen LogP contribution in [0, 0.1) is 5.92 Å². The maximum absolute atomic E-state index is 12.8. The van der Waals surface area contributed by atoms with Gasteiger partial charge in [-0.1, -0.05) is 44.2 Å². The van der Waals surface area contributed by atoms with Gasteiger partial charge in [-0.25, -0.2) is 4.79 Å². The molecule has 30 heavy (non-hydrogen) atoms. The summed E-state index contributed by atoms with van der Waals surface area (Å²) >= 11 is 0. The van der Waals surface area contributed by atoms with Crippen LogP contribution in [0.4, 0.5) is 4.79 Å². The topological polar surface area (TPSA) is 114 Å². The molecule has 1 aromatic carbocycles. The fraction of sp³-hybridized carbons (Fsp3) is 0.524. The van der Waals surface area contributed by atoms with Gasteiger partial charge in [0, 0.05) is 6.54 Å². The second-order valence-electron chi connectivity index (χ2n) is 7.42. The van der Waals surface area contributed by atoms with Crippen LogP contribution < -0.4 is 10.6 Å². The SMILES string of the molecule is COC(=O)CNC(=O)[C@@H](NC(=O)[C@@H]1CCCN1C(=O)OCc1ccccc1)C(C)C. The number of likely N-dealkylation sites (tertiary alicyclic amines) is 1. The van der Waals surface area contributed by atoms with Crippen LogP contribution in [-0.4, -0.2) is 61.1 Å². The van der Waals surface area contributed by atoms with Crippen molar-refractivity contribution in [1.29, 1.82) is 0 Å². The highest BCUT2D eigenvalue weighted by atomic mass is 16.6. The van der Waals surface area contributed by atoms with Crippen LogP contribution in [-0.2, 0) is 30.5 Å². The van der Waals surface area contributed by atoms with Gasteiger partial charge in [-0.15, -0.1) is 0 Å². The molecule has 3 amide bonds. The van der Waals surface area contributed by atoms with Crippen LogP contribution in [0.1, 0.15) is 32.3 Å². The first kappa shape index (κ1) is 23.2. The lowest BCUT2D eigenvalue weighted by Gasteiger charge is -2.27. The lowest BCUT2D eigenvalue weighted by atomic mass is 10.0. The summed E-state index contributed by atoms with van der Waals surface area (Å²) in [5.41, 5.74) is 0.855. The second-order valence-corrected chi connectivity index (χ2v) is 7.42. The van der Waals surface area contributed by atoms with Gasteiger partial charge in [0.25, 0.3) is 0 Å². The number of esters is 1. The molecular weight excluding hydrogens is 390 g/mol. The van der Waals surface area contributed by atoms with Crippen molar-refractivity contribution >= 4 is 23.9 Å². The molecule has 1 saturated heterocycles. The van der Waals surface area contributed by atoms with E-state index in [1.165, 1.54) is 12.0 Å². The fourth-order valence-corrected chi connectivity index (χ4v) is 3.19. The van der Waals surface area contributed by atoms with Crippen molar-refractivity contribution in [2.24, 2.45) is 5.92 Å². The van der Waals surface area contributed by atoms with Crippen molar-refractivity contribution in [2.45, 2.75) is 45.4 Å². The molecule has 2 rings (SSSR count). The Balaban J connectivity index is 1.94. The van der Waals surface area contributed by atoms with E-state index in [0.29, 0.717) is 19.4 Å². The minimum absolute atomic E-state index is 0.120. The van der Waals surface area contributed by atoms with Crippen LogP contribution in [0.5, 0.6) is 0 Å². The Labute approximate surface area is 176 Å². The van der Waals surface area contributed by atoms with Crippen LogP contribution in [0.15, 0.2) is 30.3 Å². The predicted octanol–water partition coefficient (Wildman–Crippen LogP) is 1.22. The van der Waals surface area contributed by atoms with Gasteiger partial charge in [-0.3, -0.25) is 19.3 Å². The molecule has 1 heterocycles. The second kappa shape index (κ2) is 11.2. The van der Waals surface area contributed by atoms with E-state index in [1.54, 1.807) is 13.8 Å². The predicted molar refractivity (Wildman–Crippen MR) is 108 cm³/mol. The highest BCUT2D eigenvalue weighted by Gasteiger charge is 2.37. The minimum atomic E-state index is -0.843. The molecule has 1 aliphatic rings. The van der Waals surface area contributed by atoms with Crippen molar-refractivity contribution < 1.29 is 28.7 Å². The third kappa shape index (κ3) is 6.47. The smallest absolute Gasteiger partial charge is 0.410 e. The molecule has 0 saturated carbocycles. The Morgan fingerprint density at radius 1 is 1.17 bits per heavy atom. The average Bonchev–Trinajstić information content (AvgIpc) is 3.24. The summed E-state index contributed by atoms with van der Waals surface area (Å²) in [7, 11) is 1.22. The monoisotopic (exact) mass is 419 g/mol. The standard InChI is InChI=1S/C21H29N3O6/c1-14(2)18(20(27)22-12-17(25)29-3)23-19(26)16-10-7-11-24(16)21(28)30-13-15-8-5-4-6-9-15/h4-6,8-9,14,16,18H,7,10-13H2,1-3H3,(H,22,27)(H,23,26)/t16-,18-/m0/s1. The molecule has 0 bridgehead atoms. The molecular formula is C21H29N3O6. The molecule has 1 aromatic rings. The van der Waals surface area contributed by atoms with E-state index in [-0.39, 0.29) is 19.1 Å². The van der Waals surface area contributed by atoms with Gasteiger partial charge in [-0.05, 0) is 24.3 Å². The molecule has 0 spiro atoms. The molecule has 2 N–H and O–H groups in total. The van der Waals surface area contributed by atoms with Crippen LogP contribution >= 0.6 is 0 Å². The highest BCUT2D eigenvalue weighted by Crippen LogP contribution is 2.20. The van der Waals surface area contributed by atoms with Crippen LogP contribution in [0.2, 0.25) is 0 Å². The Hall–Kier alpha value is -3.10. The number of nitrogens with one attached hydrogen (secondary N) is 2. The Bertz CT molecular complexity index is 752. The number of hydrogen-bond acceptors (Lipinski definition) is 6. The lowest BCUT2D eigenvalue weighted by molar-refractivity contribution is -0.141. The molecule has 9 nitrogen and oxygen atoms in total. The molecule has 0 aliphatic carbocycles. The number of carbonyl (C=O) groups is 4. The summed E-state index contributed by atoms with van der Waals surface area (Å²) in [4.78, 5) is 50.3. The quantitative estimate of drug-likeness (QED) is 0.613. The van der Waals surface area contributed by atoms with Gasteiger partial charge in [0.15, 0.2) is 0 Å². The van der Waals surface area contributed by atoms with Crippen molar-refractivity contribution in [3.63, 3.8) is 0 Å². The number of carbonyl (C=O) groups excluding carboxylic acids is 4. The van der Waals surface area contributed by atoms with Gasteiger partial charge >= 0.3 is 12.1 Å². The van der Waals surface area contributed by atoms with Crippen LogP contribution in [0.25, 0.3) is 0 Å². The van der Waals surface area contributed by atoms with E-state index < -0.39 is 36.0 Å². The van der Waals surface area contributed by atoms with E-state index in [1.807, 2.05) is 30.3 Å². The largest absolute Gasteiger partial charge is 0.468 e. The number of amides is 3. The minimum Gasteiger partial charge on any atom is -0.468 e. The highest BCUT2D eigenvalue weighted by molar-refractivity contribution is 5.92. The number of hydrogen-bond donors (Lipinski definition) is 2. The Kier molecular flexibility index (Phi) is 8.64. The number of benzene rings is 1. The number of nitrogens with zero attached hydrogens (tertiary/aromatic N) is 1. The third-order valence-electron chi connectivity index (χ3n) is 4.88. The third-order valence-corrected chi connectivity index (χ3v) is 4.88. The van der Waals surface area contributed by atoms with Crippen molar-refractivity contribution in [2.75, 3.05) is 20.2 Å². The fourth-order valence-electron chi connectivity index (χ4n) is 3.19. The first-order valence-corrected chi connectivity index (χ1v) is 9.95. The van der Waals surface area contributed by atoms with E-state index in [4.69, 9.17) is 4.74 Å². The molecule has 9 heteroatoms. The van der Waals surface area contributed by atoms with E-state index in [9.17, 15) is 19.2 Å². The van der Waals surface area contributed by atoms with E-state index >= 15 is 0 Å². The van der Waals surface area contributed by atoms with Crippen molar-refractivity contribution in [3.8, 4) is 0 Å². The summed E-state index contributed by atoms with van der Waals surface area (Å²) in [5.74, 6) is -1.71. The molecule has 2 atom stereocenters. The van der Waals surface area contributed by atoms with E-state index in [2.05, 4.69) is 15.4 Å². The van der Waals surface area contributed by atoms with Crippen molar-refractivity contribution in [3.05, 3.63) is 35.9 Å². The maximum Gasteiger partial charge on any atom is 0.410 e. The average molecular weight is 419 g/mol. The Morgan fingerprint density at radius 2 is 1.87 bits per heavy atom. The number of rotatable bonds is 8. The van der Waals surface area contributed by atoms with Crippen LogP contribution in [0.3, 0.4) is 0 Å². The van der Waals surface area contributed by atoms with Gasteiger partial charge in [0.2, 0.25) is 11.8 Å². The summed E-state index contributed by atoms with van der Waals surface area (Å²) in [6.45, 7) is 3.81. The zero-order valence-electron chi connectivity index (χ0n) is 17.6. The first-order valence-electron chi connectivity index (χ1n) is 9.95. The first-order chi connectivity index (χ1) is 14.3. The summed E-state index contributed by atoms with van der Waals surface area (Å²) < 4.78 is 9.85. The number of ether oxygens (including phenoxy) is 2. The molecule has 0 aromatic heterocycles. The molecule has 0 radical (unpaired) electrons.